The fourth-order valence-electron chi connectivity index (χ4n) is 4.23. The summed E-state index contributed by atoms with van der Waals surface area (Å²) >= 11 is 0. The van der Waals surface area contributed by atoms with Gasteiger partial charge >= 0.3 is 6.09 Å². The normalized spacial score (nSPS) is 17.6. The quantitative estimate of drug-likeness (QED) is 0.696. The summed E-state index contributed by atoms with van der Waals surface area (Å²) in [5, 5.41) is 3.34. The van der Waals surface area contributed by atoms with Crippen LogP contribution in [0.2, 0.25) is 0 Å². The van der Waals surface area contributed by atoms with E-state index in [1.807, 2.05) is 45.2 Å². The maximum atomic E-state index is 12.2. The Morgan fingerprint density at radius 1 is 1.27 bits per heavy atom. The molecular weight excluding hydrogens is 418 g/mol. The number of likely N-dealkylation sites (tertiary alicyclic amines) is 1. The molecule has 33 heavy (non-hydrogen) atoms. The van der Waals surface area contributed by atoms with Gasteiger partial charge in [-0.3, -0.25) is 4.99 Å². The van der Waals surface area contributed by atoms with Gasteiger partial charge in [-0.25, -0.2) is 9.78 Å². The van der Waals surface area contributed by atoms with Gasteiger partial charge in [-0.1, -0.05) is 6.07 Å². The SMILES string of the molecule is Cc1ccc(N)cc1C1=Cc2cnc(NC3CN(C(=O)OC(C)(C)C)C3)nc2N2CCN=C12. The first kappa shape index (κ1) is 21.2. The lowest BCUT2D eigenvalue weighted by molar-refractivity contribution is 0.0104. The summed E-state index contributed by atoms with van der Waals surface area (Å²) in [6.07, 6.45) is 3.64. The average molecular weight is 448 g/mol. The van der Waals surface area contributed by atoms with E-state index in [1.54, 1.807) is 4.90 Å². The fraction of sp³-hybridized carbons (Fsp3) is 0.417. The van der Waals surface area contributed by atoms with Crippen molar-refractivity contribution in [3.63, 3.8) is 0 Å². The number of nitrogen functional groups attached to an aromatic ring is 1. The van der Waals surface area contributed by atoms with Crippen LogP contribution in [-0.2, 0) is 4.74 Å². The molecule has 1 amide bonds. The number of nitrogens with one attached hydrogen (secondary N) is 1. The van der Waals surface area contributed by atoms with E-state index < -0.39 is 5.60 Å². The zero-order chi connectivity index (χ0) is 23.3. The lowest BCUT2D eigenvalue weighted by atomic mass is 9.94. The van der Waals surface area contributed by atoms with Crippen LogP contribution in [0.3, 0.4) is 0 Å². The highest BCUT2D eigenvalue weighted by molar-refractivity contribution is 6.36. The van der Waals surface area contributed by atoms with Gasteiger partial charge in [0.2, 0.25) is 5.95 Å². The molecule has 172 valence electrons. The predicted molar refractivity (Wildman–Crippen MR) is 130 cm³/mol. The number of ether oxygens (including phenoxy) is 1. The number of aromatic nitrogens is 2. The summed E-state index contributed by atoms with van der Waals surface area (Å²) in [6.45, 7) is 10.3. The summed E-state index contributed by atoms with van der Waals surface area (Å²) in [5.74, 6) is 2.31. The molecule has 0 spiro atoms. The van der Waals surface area contributed by atoms with Crippen molar-refractivity contribution in [2.45, 2.75) is 39.3 Å². The Morgan fingerprint density at radius 3 is 2.82 bits per heavy atom. The fourth-order valence-corrected chi connectivity index (χ4v) is 4.23. The molecule has 0 bridgehead atoms. The molecule has 1 aromatic carbocycles. The van der Waals surface area contributed by atoms with Crippen molar-refractivity contribution < 1.29 is 9.53 Å². The van der Waals surface area contributed by atoms with Gasteiger partial charge in [-0.2, -0.15) is 4.98 Å². The van der Waals surface area contributed by atoms with Crippen molar-refractivity contribution in [3.05, 3.63) is 41.1 Å². The smallest absolute Gasteiger partial charge is 0.410 e. The molecule has 1 saturated heterocycles. The second-order valence-electron chi connectivity index (χ2n) is 9.69. The Morgan fingerprint density at radius 2 is 2.06 bits per heavy atom. The predicted octanol–water partition coefficient (Wildman–Crippen LogP) is 3.17. The summed E-state index contributed by atoms with van der Waals surface area (Å²) in [7, 11) is 0. The van der Waals surface area contributed by atoms with E-state index in [0.717, 1.165) is 46.1 Å². The molecule has 0 aliphatic carbocycles. The van der Waals surface area contributed by atoms with Crippen LogP contribution in [0.1, 0.15) is 37.5 Å². The summed E-state index contributed by atoms with van der Waals surface area (Å²) < 4.78 is 5.42. The van der Waals surface area contributed by atoms with E-state index in [-0.39, 0.29) is 12.1 Å². The van der Waals surface area contributed by atoms with Crippen LogP contribution in [0.5, 0.6) is 0 Å². The van der Waals surface area contributed by atoms with Crippen molar-refractivity contribution in [3.8, 4) is 0 Å². The summed E-state index contributed by atoms with van der Waals surface area (Å²) in [6, 6.07) is 6.03. The van der Waals surface area contributed by atoms with Gasteiger partial charge in [0.25, 0.3) is 0 Å². The minimum atomic E-state index is -0.497. The van der Waals surface area contributed by atoms with Crippen molar-refractivity contribution in [2.75, 3.05) is 42.1 Å². The zero-order valence-corrected chi connectivity index (χ0v) is 19.4. The standard InChI is InChI=1S/C24H29N7O2/c1-14-5-6-16(25)10-18(14)19-9-15-11-27-22(29-20(15)31-8-7-26-21(19)31)28-17-12-30(13-17)23(32)33-24(2,3)4/h5-6,9-11,17H,7-8,12-13,25H2,1-4H3,(H,27,28,29). The molecule has 3 N–H and O–H groups in total. The first-order valence-corrected chi connectivity index (χ1v) is 11.2. The molecule has 1 aromatic heterocycles. The van der Waals surface area contributed by atoms with Crippen LogP contribution in [0.4, 0.5) is 22.2 Å². The lowest BCUT2D eigenvalue weighted by Gasteiger charge is -2.40. The number of fused-ring (bicyclic) bond motifs is 3. The largest absolute Gasteiger partial charge is 0.444 e. The number of amides is 1. The highest BCUT2D eigenvalue weighted by Crippen LogP contribution is 2.36. The second kappa shape index (κ2) is 7.75. The number of benzene rings is 1. The van der Waals surface area contributed by atoms with Crippen LogP contribution >= 0.6 is 0 Å². The number of anilines is 3. The Kier molecular flexibility index (Phi) is 4.99. The Hall–Kier alpha value is -3.62. The molecular formula is C24H29N7O2. The first-order valence-electron chi connectivity index (χ1n) is 11.2. The van der Waals surface area contributed by atoms with E-state index in [2.05, 4.69) is 28.2 Å². The molecule has 2 aromatic rings. The molecule has 0 radical (unpaired) electrons. The van der Waals surface area contributed by atoms with Gasteiger partial charge in [0, 0.05) is 42.7 Å². The molecule has 5 rings (SSSR count). The van der Waals surface area contributed by atoms with Gasteiger partial charge in [0.15, 0.2) is 0 Å². The number of hydrogen-bond acceptors (Lipinski definition) is 8. The molecule has 3 aliphatic heterocycles. The van der Waals surface area contributed by atoms with Crippen LogP contribution in [0.25, 0.3) is 11.6 Å². The number of aliphatic imine (C=N–C) groups is 1. The number of carbonyl (C=O) groups excluding carboxylic acids is 1. The number of nitrogens with zero attached hydrogens (tertiary/aromatic N) is 5. The van der Waals surface area contributed by atoms with Crippen LogP contribution in [-0.4, -0.2) is 64.6 Å². The molecule has 4 heterocycles. The van der Waals surface area contributed by atoms with E-state index in [9.17, 15) is 4.79 Å². The van der Waals surface area contributed by atoms with Crippen LogP contribution in [0, 0.1) is 6.92 Å². The van der Waals surface area contributed by atoms with Gasteiger partial charge in [0.1, 0.15) is 17.3 Å². The molecule has 9 nitrogen and oxygen atoms in total. The van der Waals surface area contributed by atoms with Gasteiger partial charge in [-0.15, -0.1) is 0 Å². The molecule has 1 fully saturated rings. The first-order chi connectivity index (χ1) is 15.7. The lowest BCUT2D eigenvalue weighted by Crippen LogP contribution is -2.58. The van der Waals surface area contributed by atoms with E-state index >= 15 is 0 Å². The van der Waals surface area contributed by atoms with E-state index in [4.69, 9.17) is 20.4 Å². The van der Waals surface area contributed by atoms with Crippen molar-refractivity contribution >= 4 is 41.0 Å². The average Bonchev–Trinajstić information content (AvgIpc) is 3.20. The van der Waals surface area contributed by atoms with Crippen LogP contribution in [0.15, 0.2) is 29.4 Å². The maximum Gasteiger partial charge on any atom is 0.410 e. The monoisotopic (exact) mass is 447 g/mol. The zero-order valence-electron chi connectivity index (χ0n) is 19.4. The summed E-state index contributed by atoms with van der Waals surface area (Å²) in [5.41, 5.74) is 10.5. The molecule has 3 aliphatic rings. The highest BCUT2D eigenvalue weighted by Gasteiger charge is 2.35. The van der Waals surface area contributed by atoms with Crippen molar-refractivity contribution in [1.29, 1.82) is 0 Å². The Labute approximate surface area is 193 Å². The van der Waals surface area contributed by atoms with Gasteiger partial charge < -0.3 is 25.6 Å². The minimum Gasteiger partial charge on any atom is -0.444 e. The molecule has 0 saturated carbocycles. The Balaban J connectivity index is 1.35. The van der Waals surface area contributed by atoms with Gasteiger partial charge in [-0.05, 0) is 57.0 Å². The van der Waals surface area contributed by atoms with Crippen molar-refractivity contribution in [1.82, 2.24) is 14.9 Å². The third kappa shape index (κ3) is 4.10. The Bertz CT molecular complexity index is 1180. The number of amidine groups is 1. The maximum absolute atomic E-state index is 12.2. The third-order valence-electron chi connectivity index (χ3n) is 5.85. The van der Waals surface area contributed by atoms with Gasteiger partial charge in [0.05, 0.1) is 12.6 Å². The topological polar surface area (TPSA) is 109 Å². The number of hydrogen-bond donors (Lipinski definition) is 2. The third-order valence-corrected chi connectivity index (χ3v) is 5.85. The molecule has 0 unspecified atom stereocenters. The van der Waals surface area contributed by atoms with E-state index in [1.165, 1.54) is 0 Å². The number of nitrogens with two attached hydrogens (primary N) is 1. The number of aryl methyl sites for hydroxylation is 1. The van der Waals surface area contributed by atoms with Crippen molar-refractivity contribution in [2.24, 2.45) is 4.99 Å². The molecule has 9 heteroatoms. The minimum absolute atomic E-state index is 0.0897. The molecule has 0 atom stereocenters. The number of rotatable bonds is 3. The van der Waals surface area contributed by atoms with E-state index in [0.29, 0.717) is 25.6 Å². The highest BCUT2D eigenvalue weighted by atomic mass is 16.6. The number of carbonyl (C=O) groups is 1. The summed E-state index contributed by atoms with van der Waals surface area (Å²) in [4.78, 5) is 30.1. The van der Waals surface area contributed by atoms with Crippen LogP contribution < -0.4 is 16.0 Å². The second-order valence-corrected chi connectivity index (χ2v) is 9.69.